The third-order valence-corrected chi connectivity index (χ3v) is 4.06. The zero-order valence-electron chi connectivity index (χ0n) is 10.4. The molecule has 0 fully saturated rings. The summed E-state index contributed by atoms with van der Waals surface area (Å²) in [6.07, 6.45) is 1.39. The number of sulfonamides is 1. The van der Waals surface area contributed by atoms with Crippen molar-refractivity contribution in [1.82, 2.24) is 25.2 Å². The summed E-state index contributed by atoms with van der Waals surface area (Å²) in [7, 11) is -2.26. The first kappa shape index (κ1) is 12.4. The number of rotatable bonds is 3. The van der Waals surface area contributed by atoms with Gasteiger partial charge in [0.05, 0.1) is 7.05 Å². The van der Waals surface area contributed by atoms with E-state index in [9.17, 15) is 8.42 Å². The van der Waals surface area contributed by atoms with Crippen LogP contribution in [0, 0.1) is 0 Å². The number of tetrazole rings is 1. The van der Waals surface area contributed by atoms with Crippen molar-refractivity contribution in [3.63, 3.8) is 0 Å². The number of aryl methyl sites for hydroxylation is 1. The van der Waals surface area contributed by atoms with Gasteiger partial charge in [0, 0.05) is 22.8 Å². The molecule has 0 unspecified atom stereocenters. The van der Waals surface area contributed by atoms with Gasteiger partial charge < -0.3 is 10.7 Å². The Bertz CT molecular complexity index is 880. The lowest BCUT2D eigenvalue weighted by atomic mass is 10.2. The molecule has 0 amide bonds. The summed E-state index contributed by atoms with van der Waals surface area (Å²) in [5.41, 5.74) is 6.84. The highest BCUT2D eigenvalue weighted by molar-refractivity contribution is 7.93. The maximum Gasteiger partial charge on any atom is 0.277 e. The van der Waals surface area contributed by atoms with Crippen LogP contribution in [0.1, 0.15) is 0 Å². The monoisotopic (exact) mass is 293 g/mol. The fourth-order valence-electron chi connectivity index (χ4n) is 1.84. The summed E-state index contributed by atoms with van der Waals surface area (Å²) in [5.74, 6) is -0.0858. The second kappa shape index (κ2) is 4.20. The van der Waals surface area contributed by atoms with Crippen LogP contribution in [0.4, 0.5) is 11.6 Å². The number of benzene rings is 1. The molecule has 2 heterocycles. The number of anilines is 2. The zero-order chi connectivity index (χ0) is 14.3. The third kappa shape index (κ3) is 2.05. The number of nitrogens with one attached hydrogen (secondary N) is 2. The van der Waals surface area contributed by atoms with E-state index in [1.807, 2.05) is 0 Å². The fourth-order valence-corrected chi connectivity index (χ4v) is 2.95. The van der Waals surface area contributed by atoms with Crippen molar-refractivity contribution in [2.45, 2.75) is 4.90 Å². The van der Waals surface area contributed by atoms with Crippen molar-refractivity contribution < 1.29 is 8.42 Å². The lowest BCUT2D eigenvalue weighted by molar-refractivity contribution is 0.601. The standard InChI is InChI=1S/C10H11N7O2S/c1-17-14-10(13-16-17)15-20(18,19)9-5-12-8-4-6(11)2-3-7(8)9/h2-5,12H,11H2,1H3,(H,14,15). The second-order valence-electron chi connectivity index (χ2n) is 4.17. The smallest absolute Gasteiger partial charge is 0.277 e. The molecule has 2 aromatic heterocycles. The molecule has 0 spiro atoms. The summed E-state index contributed by atoms with van der Waals surface area (Å²) in [6.45, 7) is 0. The van der Waals surface area contributed by atoms with Gasteiger partial charge in [0.25, 0.3) is 16.0 Å². The highest BCUT2D eigenvalue weighted by atomic mass is 32.2. The van der Waals surface area contributed by atoms with Crippen LogP contribution in [-0.2, 0) is 17.1 Å². The number of H-pyrrole nitrogens is 1. The Morgan fingerprint density at radius 2 is 2.20 bits per heavy atom. The molecule has 0 atom stereocenters. The van der Waals surface area contributed by atoms with Gasteiger partial charge in [-0.25, -0.2) is 13.1 Å². The molecule has 3 aromatic rings. The predicted octanol–water partition coefficient (Wildman–Crippen LogP) is 0.0744. The number of hydrogen-bond acceptors (Lipinski definition) is 6. The van der Waals surface area contributed by atoms with E-state index in [1.54, 1.807) is 25.2 Å². The first-order valence-corrected chi connectivity index (χ1v) is 7.07. The highest BCUT2D eigenvalue weighted by Crippen LogP contribution is 2.25. The lowest BCUT2D eigenvalue weighted by Crippen LogP contribution is -2.13. The summed E-state index contributed by atoms with van der Waals surface area (Å²) in [5, 5.41) is 11.5. The van der Waals surface area contributed by atoms with E-state index in [0.717, 1.165) is 4.80 Å². The average molecular weight is 293 g/mol. The van der Waals surface area contributed by atoms with Crippen molar-refractivity contribution in [3.05, 3.63) is 24.4 Å². The zero-order valence-corrected chi connectivity index (χ0v) is 11.2. The van der Waals surface area contributed by atoms with Gasteiger partial charge in [0.15, 0.2) is 0 Å². The predicted molar refractivity (Wildman–Crippen MR) is 72.3 cm³/mol. The SMILES string of the molecule is Cn1nnc(NS(=O)(=O)c2c[nH]c3cc(N)ccc23)n1. The number of fused-ring (bicyclic) bond motifs is 1. The van der Waals surface area contributed by atoms with Crippen molar-refractivity contribution >= 4 is 32.6 Å². The molecule has 20 heavy (non-hydrogen) atoms. The number of aromatic amines is 1. The van der Waals surface area contributed by atoms with Gasteiger partial charge in [-0.05, 0) is 23.4 Å². The molecule has 104 valence electrons. The van der Waals surface area contributed by atoms with E-state index in [-0.39, 0.29) is 10.8 Å². The lowest BCUT2D eigenvalue weighted by Gasteiger charge is -2.02. The normalized spacial score (nSPS) is 11.8. The number of aromatic nitrogens is 5. The number of nitrogens with zero attached hydrogens (tertiary/aromatic N) is 4. The van der Waals surface area contributed by atoms with E-state index >= 15 is 0 Å². The number of nitrogens with two attached hydrogens (primary N) is 1. The van der Waals surface area contributed by atoms with E-state index in [0.29, 0.717) is 16.6 Å². The molecule has 4 N–H and O–H groups in total. The molecular formula is C10H11N7O2S. The minimum Gasteiger partial charge on any atom is -0.399 e. The molecule has 10 heteroatoms. The Morgan fingerprint density at radius 1 is 1.40 bits per heavy atom. The number of hydrogen-bond donors (Lipinski definition) is 3. The van der Waals surface area contributed by atoms with Gasteiger partial charge in [-0.3, -0.25) is 0 Å². The molecular weight excluding hydrogens is 282 g/mol. The van der Waals surface area contributed by atoms with Crippen LogP contribution < -0.4 is 10.5 Å². The Kier molecular flexibility index (Phi) is 2.61. The van der Waals surface area contributed by atoms with E-state index in [2.05, 4.69) is 25.1 Å². The molecule has 0 aliphatic rings. The van der Waals surface area contributed by atoms with Gasteiger partial charge >= 0.3 is 0 Å². The van der Waals surface area contributed by atoms with Crippen LogP contribution in [-0.4, -0.2) is 33.6 Å². The van der Waals surface area contributed by atoms with Crippen LogP contribution in [0.2, 0.25) is 0 Å². The molecule has 9 nitrogen and oxygen atoms in total. The van der Waals surface area contributed by atoms with Crippen molar-refractivity contribution in [1.29, 1.82) is 0 Å². The van der Waals surface area contributed by atoms with Crippen LogP contribution in [0.15, 0.2) is 29.3 Å². The Balaban J connectivity index is 2.05. The van der Waals surface area contributed by atoms with Crippen molar-refractivity contribution in [2.75, 3.05) is 10.5 Å². The second-order valence-corrected chi connectivity index (χ2v) is 5.82. The molecule has 0 bridgehead atoms. The van der Waals surface area contributed by atoms with Gasteiger partial charge in [-0.2, -0.15) is 4.80 Å². The van der Waals surface area contributed by atoms with Crippen LogP contribution in [0.5, 0.6) is 0 Å². The maximum atomic E-state index is 12.3. The first-order chi connectivity index (χ1) is 9.45. The summed E-state index contributed by atoms with van der Waals surface area (Å²) in [4.78, 5) is 4.12. The van der Waals surface area contributed by atoms with Crippen molar-refractivity contribution in [2.24, 2.45) is 7.05 Å². The first-order valence-electron chi connectivity index (χ1n) is 5.59. The van der Waals surface area contributed by atoms with Crippen LogP contribution in [0.3, 0.4) is 0 Å². The topological polar surface area (TPSA) is 132 Å². The van der Waals surface area contributed by atoms with Crippen LogP contribution in [0.25, 0.3) is 10.9 Å². The Hall–Kier alpha value is -2.62. The molecule has 0 radical (unpaired) electrons. The van der Waals surface area contributed by atoms with E-state index < -0.39 is 10.0 Å². The largest absolute Gasteiger partial charge is 0.399 e. The Morgan fingerprint density at radius 3 is 2.90 bits per heavy atom. The molecule has 1 aromatic carbocycles. The van der Waals surface area contributed by atoms with E-state index in [1.165, 1.54) is 6.20 Å². The minimum atomic E-state index is -3.80. The van der Waals surface area contributed by atoms with Gasteiger partial charge in [-0.1, -0.05) is 5.10 Å². The Labute approximate surface area is 113 Å². The summed E-state index contributed by atoms with van der Waals surface area (Å²) >= 11 is 0. The van der Waals surface area contributed by atoms with Gasteiger partial charge in [0.2, 0.25) is 0 Å². The van der Waals surface area contributed by atoms with E-state index in [4.69, 9.17) is 5.73 Å². The molecule has 0 saturated heterocycles. The quantitative estimate of drug-likeness (QED) is 0.586. The van der Waals surface area contributed by atoms with Crippen molar-refractivity contribution in [3.8, 4) is 0 Å². The third-order valence-electron chi connectivity index (χ3n) is 2.69. The minimum absolute atomic E-state index is 0.0858. The number of nitrogen functional groups attached to an aromatic ring is 1. The molecule has 0 aliphatic heterocycles. The van der Waals surface area contributed by atoms with Gasteiger partial charge in [-0.15, -0.1) is 5.10 Å². The summed E-state index contributed by atoms with van der Waals surface area (Å²) < 4.78 is 26.8. The average Bonchev–Trinajstić information content (AvgIpc) is 2.94. The van der Waals surface area contributed by atoms with Gasteiger partial charge in [0.1, 0.15) is 4.90 Å². The maximum absolute atomic E-state index is 12.3. The summed E-state index contributed by atoms with van der Waals surface area (Å²) in [6, 6.07) is 4.94. The highest BCUT2D eigenvalue weighted by Gasteiger charge is 2.21. The van der Waals surface area contributed by atoms with Crippen LogP contribution >= 0.6 is 0 Å². The molecule has 0 aliphatic carbocycles. The fraction of sp³-hybridized carbons (Fsp3) is 0.100. The molecule has 0 saturated carbocycles. The molecule has 3 rings (SSSR count).